The van der Waals surface area contributed by atoms with Crippen LogP contribution in [0.15, 0.2) is 24.5 Å². The molecule has 4 heteroatoms. The predicted octanol–water partition coefficient (Wildman–Crippen LogP) is 1.59. The quantitative estimate of drug-likeness (QED) is 0.158. The lowest BCUT2D eigenvalue weighted by Crippen LogP contribution is -1.99. The highest BCUT2D eigenvalue weighted by molar-refractivity contribution is 5.87. The van der Waals surface area contributed by atoms with Gasteiger partial charge in [-0.25, -0.2) is 14.6 Å². The predicted molar refractivity (Wildman–Crippen MR) is 47.6 cm³/mol. The number of ether oxygens (including phenoxy) is 1. The maximum Gasteiger partial charge on any atom is 0.337 e. The molecule has 0 saturated heterocycles. The van der Waals surface area contributed by atoms with E-state index in [1.54, 1.807) is 13.0 Å². The van der Waals surface area contributed by atoms with Crippen molar-refractivity contribution in [2.75, 3.05) is 13.7 Å². The number of rotatable bonds is 6. The average Bonchev–Trinajstić information content (AvgIpc) is 2.10. The van der Waals surface area contributed by atoms with Crippen molar-refractivity contribution < 1.29 is 19.3 Å². The van der Waals surface area contributed by atoms with Gasteiger partial charge in [0, 0.05) is 5.57 Å². The number of carbonyl (C=O) groups excluding carboxylic acids is 1. The summed E-state index contributed by atoms with van der Waals surface area (Å²) in [5.41, 5.74) is 0.373. The third-order valence-electron chi connectivity index (χ3n) is 1.11. The molecule has 0 aromatic carbocycles. The molecule has 0 amide bonds. The zero-order valence-electron chi connectivity index (χ0n) is 7.91. The van der Waals surface area contributed by atoms with E-state index in [1.807, 2.05) is 0 Å². The van der Waals surface area contributed by atoms with Gasteiger partial charge in [-0.2, -0.15) is 0 Å². The summed E-state index contributed by atoms with van der Waals surface area (Å²) >= 11 is 0. The third-order valence-corrected chi connectivity index (χ3v) is 1.11. The molecule has 0 unspecified atom stereocenters. The monoisotopic (exact) mass is 186 g/mol. The van der Waals surface area contributed by atoms with Gasteiger partial charge < -0.3 is 4.74 Å². The summed E-state index contributed by atoms with van der Waals surface area (Å²) in [5.74, 6) is -0.427. The number of esters is 1. The van der Waals surface area contributed by atoms with Crippen molar-refractivity contribution in [3.63, 3.8) is 0 Å². The van der Waals surface area contributed by atoms with Crippen LogP contribution in [-0.4, -0.2) is 19.7 Å². The lowest BCUT2D eigenvalue weighted by molar-refractivity contribution is -0.271. The Morgan fingerprint density at radius 2 is 2.23 bits per heavy atom. The summed E-state index contributed by atoms with van der Waals surface area (Å²) < 4.78 is 4.67. The van der Waals surface area contributed by atoms with E-state index < -0.39 is 5.97 Å². The second-order valence-corrected chi connectivity index (χ2v) is 2.33. The molecule has 0 N–H and O–H groups in total. The van der Waals surface area contributed by atoms with Crippen LogP contribution in [0, 0.1) is 0 Å². The molecule has 74 valence electrons. The molecule has 0 aliphatic carbocycles. The van der Waals surface area contributed by atoms with Crippen LogP contribution in [0.3, 0.4) is 0 Å². The Balaban J connectivity index is 3.41. The van der Waals surface area contributed by atoms with Gasteiger partial charge in [-0.3, -0.25) is 0 Å². The fourth-order valence-electron chi connectivity index (χ4n) is 0.478. The van der Waals surface area contributed by atoms with Crippen molar-refractivity contribution in [1.29, 1.82) is 0 Å². The summed E-state index contributed by atoms with van der Waals surface area (Å²) in [6.45, 7) is 5.45. The Morgan fingerprint density at radius 1 is 1.54 bits per heavy atom. The molecule has 0 radical (unpaired) electrons. The van der Waals surface area contributed by atoms with Gasteiger partial charge in [-0.05, 0) is 19.4 Å². The molecule has 0 spiro atoms. The molecule has 0 bridgehead atoms. The lowest BCUT2D eigenvalue weighted by Gasteiger charge is -1.96. The first kappa shape index (κ1) is 11.9. The molecule has 0 heterocycles. The largest absolute Gasteiger partial charge is 0.431 e. The highest BCUT2D eigenvalue weighted by atomic mass is 17.2. The first-order valence-electron chi connectivity index (χ1n) is 3.85. The molecular weight excluding hydrogens is 172 g/mol. The summed E-state index contributed by atoms with van der Waals surface area (Å²) in [6.07, 6.45) is 3.60. The van der Waals surface area contributed by atoms with E-state index >= 15 is 0 Å². The van der Waals surface area contributed by atoms with Gasteiger partial charge in [0.15, 0.2) is 0 Å². The Labute approximate surface area is 77.7 Å². The molecule has 0 aliphatic rings. The molecule has 0 atom stereocenters. The molecule has 0 fully saturated rings. The Hall–Kier alpha value is -1.13. The molecule has 4 nitrogen and oxygen atoms in total. The SMILES string of the molecule is C=C(C)C(=O)OC=CCCOOC. The van der Waals surface area contributed by atoms with Crippen molar-refractivity contribution in [3.05, 3.63) is 24.5 Å². The summed E-state index contributed by atoms with van der Waals surface area (Å²) in [4.78, 5) is 19.7. The fraction of sp³-hybridized carbons (Fsp3) is 0.444. The maximum atomic E-state index is 10.8. The summed E-state index contributed by atoms with van der Waals surface area (Å²) in [6, 6.07) is 0. The van der Waals surface area contributed by atoms with Crippen molar-refractivity contribution in [3.8, 4) is 0 Å². The Morgan fingerprint density at radius 3 is 2.77 bits per heavy atom. The van der Waals surface area contributed by atoms with Crippen molar-refractivity contribution >= 4 is 5.97 Å². The topological polar surface area (TPSA) is 44.8 Å². The van der Waals surface area contributed by atoms with Gasteiger partial charge in [-0.15, -0.1) is 0 Å². The molecular formula is C9H14O4. The van der Waals surface area contributed by atoms with Crippen LogP contribution in [0.1, 0.15) is 13.3 Å². The molecule has 0 rings (SSSR count). The smallest absolute Gasteiger partial charge is 0.337 e. The van der Waals surface area contributed by atoms with Crippen molar-refractivity contribution in [1.82, 2.24) is 0 Å². The fourth-order valence-corrected chi connectivity index (χ4v) is 0.478. The summed E-state index contributed by atoms with van der Waals surface area (Å²) in [7, 11) is 1.44. The maximum absolute atomic E-state index is 10.8. The highest BCUT2D eigenvalue weighted by Gasteiger charge is 1.98. The van der Waals surface area contributed by atoms with Crippen molar-refractivity contribution in [2.24, 2.45) is 0 Å². The van der Waals surface area contributed by atoms with Crippen LogP contribution in [0.4, 0.5) is 0 Å². The van der Waals surface area contributed by atoms with E-state index in [9.17, 15) is 4.79 Å². The van der Waals surface area contributed by atoms with E-state index in [-0.39, 0.29) is 0 Å². The number of carbonyl (C=O) groups is 1. The van der Waals surface area contributed by atoms with Gasteiger partial charge in [0.05, 0.1) is 20.0 Å². The standard InChI is InChI=1S/C9H14O4/c1-8(2)9(10)12-6-4-5-7-13-11-3/h4,6H,1,5,7H2,2-3H3. The molecule has 0 aliphatic heterocycles. The molecule has 0 saturated carbocycles. The van der Waals surface area contributed by atoms with Crippen LogP contribution >= 0.6 is 0 Å². The van der Waals surface area contributed by atoms with E-state index in [2.05, 4.69) is 21.1 Å². The molecule has 0 aromatic rings. The zero-order valence-corrected chi connectivity index (χ0v) is 7.91. The van der Waals surface area contributed by atoms with E-state index in [1.165, 1.54) is 13.4 Å². The first-order valence-corrected chi connectivity index (χ1v) is 3.85. The molecule has 13 heavy (non-hydrogen) atoms. The van der Waals surface area contributed by atoms with E-state index in [4.69, 9.17) is 0 Å². The first-order chi connectivity index (χ1) is 6.18. The second kappa shape index (κ2) is 7.52. The van der Waals surface area contributed by atoms with Crippen LogP contribution in [0.25, 0.3) is 0 Å². The van der Waals surface area contributed by atoms with Gasteiger partial charge in [0.25, 0.3) is 0 Å². The van der Waals surface area contributed by atoms with Gasteiger partial charge >= 0.3 is 5.97 Å². The highest BCUT2D eigenvalue weighted by Crippen LogP contribution is 1.93. The Bertz CT molecular complexity index is 196. The van der Waals surface area contributed by atoms with Crippen LogP contribution in [0.5, 0.6) is 0 Å². The minimum atomic E-state index is -0.427. The van der Waals surface area contributed by atoms with Gasteiger partial charge in [0.2, 0.25) is 0 Å². The van der Waals surface area contributed by atoms with Gasteiger partial charge in [0.1, 0.15) is 0 Å². The summed E-state index contributed by atoms with van der Waals surface area (Å²) in [5, 5.41) is 0. The molecule has 0 aromatic heterocycles. The van der Waals surface area contributed by atoms with Crippen molar-refractivity contribution in [2.45, 2.75) is 13.3 Å². The number of hydrogen-bond acceptors (Lipinski definition) is 4. The zero-order chi connectivity index (χ0) is 10.1. The van der Waals surface area contributed by atoms with Crippen LogP contribution in [0.2, 0.25) is 0 Å². The minimum absolute atomic E-state index is 0.373. The van der Waals surface area contributed by atoms with Crippen LogP contribution in [-0.2, 0) is 19.3 Å². The minimum Gasteiger partial charge on any atom is -0.431 e. The van der Waals surface area contributed by atoms with E-state index in [0.29, 0.717) is 18.6 Å². The average molecular weight is 186 g/mol. The van der Waals surface area contributed by atoms with E-state index in [0.717, 1.165) is 0 Å². The third kappa shape index (κ3) is 7.24. The number of hydrogen-bond donors (Lipinski definition) is 0. The lowest BCUT2D eigenvalue weighted by atomic mass is 10.4. The normalized spacial score (nSPS) is 10.3. The Kier molecular flexibility index (Phi) is 6.86. The second-order valence-electron chi connectivity index (χ2n) is 2.33. The van der Waals surface area contributed by atoms with Crippen LogP contribution < -0.4 is 0 Å². The van der Waals surface area contributed by atoms with Gasteiger partial charge in [-0.1, -0.05) is 6.58 Å².